The van der Waals surface area contributed by atoms with Gasteiger partial charge in [-0.2, -0.15) is 11.3 Å². The monoisotopic (exact) mass is 342 g/mol. The number of likely N-dealkylation sites (tertiary alicyclic amines) is 1. The average molecular weight is 342 g/mol. The van der Waals surface area contributed by atoms with E-state index in [1.54, 1.807) is 28.2 Å². The lowest BCUT2D eigenvalue weighted by Crippen LogP contribution is -2.38. The molecule has 0 unspecified atom stereocenters. The zero-order valence-corrected chi connectivity index (χ0v) is 14.7. The summed E-state index contributed by atoms with van der Waals surface area (Å²) in [5, 5.41) is 4.05. The number of nitrogens with zero attached hydrogens (tertiary/aromatic N) is 2. The molecule has 2 heterocycles. The number of rotatable bonds is 6. The van der Waals surface area contributed by atoms with E-state index in [-0.39, 0.29) is 18.4 Å². The summed E-state index contributed by atoms with van der Waals surface area (Å²) in [6.07, 6.45) is 1.43. The number of hydrogen-bond donors (Lipinski definition) is 0. The van der Waals surface area contributed by atoms with Crippen LogP contribution in [0.25, 0.3) is 0 Å². The summed E-state index contributed by atoms with van der Waals surface area (Å²) in [7, 11) is 1.79. The van der Waals surface area contributed by atoms with Gasteiger partial charge >= 0.3 is 0 Å². The van der Waals surface area contributed by atoms with Crippen LogP contribution in [0.2, 0.25) is 0 Å². The fourth-order valence-electron chi connectivity index (χ4n) is 3.12. The minimum absolute atomic E-state index is 0.00471. The number of thiophene rings is 1. The normalized spacial score (nSPS) is 17.3. The van der Waals surface area contributed by atoms with E-state index in [0.29, 0.717) is 25.4 Å². The molecule has 5 heteroatoms. The van der Waals surface area contributed by atoms with E-state index in [1.807, 2.05) is 35.0 Å². The van der Waals surface area contributed by atoms with Crippen LogP contribution in [0.5, 0.6) is 0 Å². The van der Waals surface area contributed by atoms with Gasteiger partial charge in [-0.3, -0.25) is 9.59 Å². The predicted molar refractivity (Wildman–Crippen MR) is 95.6 cm³/mol. The van der Waals surface area contributed by atoms with Crippen molar-refractivity contribution >= 4 is 23.2 Å². The van der Waals surface area contributed by atoms with Gasteiger partial charge in [-0.25, -0.2) is 0 Å². The van der Waals surface area contributed by atoms with Crippen molar-refractivity contribution in [1.82, 2.24) is 9.80 Å². The van der Waals surface area contributed by atoms with E-state index in [1.165, 1.54) is 5.56 Å². The lowest BCUT2D eigenvalue weighted by molar-refractivity contribution is -0.137. The molecule has 126 valence electrons. The van der Waals surface area contributed by atoms with Crippen molar-refractivity contribution in [2.45, 2.75) is 19.4 Å². The van der Waals surface area contributed by atoms with Crippen molar-refractivity contribution in [2.75, 3.05) is 20.1 Å². The Morgan fingerprint density at radius 2 is 2.04 bits per heavy atom. The third kappa shape index (κ3) is 4.23. The summed E-state index contributed by atoms with van der Waals surface area (Å²) < 4.78 is 0. The van der Waals surface area contributed by atoms with Crippen LogP contribution in [0, 0.1) is 5.92 Å². The molecule has 1 aromatic carbocycles. The van der Waals surface area contributed by atoms with Crippen LogP contribution in [-0.4, -0.2) is 41.8 Å². The molecule has 24 heavy (non-hydrogen) atoms. The van der Waals surface area contributed by atoms with Crippen molar-refractivity contribution in [3.8, 4) is 0 Å². The quantitative estimate of drug-likeness (QED) is 0.810. The summed E-state index contributed by atoms with van der Waals surface area (Å²) in [4.78, 5) is 28.0. The number of hydrogen-bond acceptors (Lipinski definition) is 3. The van der Waals surface area contributed by atoms with Crippen molar-refractivity contribution < 1.29 is 9.59 Å². The number of likely N-dealkylation sites (N-methyl/N-ethyl adjacent to an activating group) is 1. The van der Waals surface area contributed by atoms with Crippen LogP contribution >= 0.6 is 11.3 Å². The van der Waals surface area contributed by atoms with Gasteiger partial charge in [0.1, 0.15) is 0 Å². The second-order valence-corrected chi connectivity index (χ2v) is 7.20. The molecule has 3 rings (SSSR count). The Morgan fingerprint density at radius 3 is 2.75 bits per heavy atom. The van der Waals surface area contributed by atoms with Crippen LogP contribution in [-0.2, 0) is 22.6 Å². The van der Waals surface area contributed by atoms with Crippen LogP contribution in [0.1, 0.15) is 17.5 Å². The van der Waals surface area contributed by atoms with E-state index in [4.69, 9.17) is 0 Å². The first-order valence-electron chi connectivity index (χ1n) is 8.18. The van der Waals surface area contributed by atoms with Crippen molar-refractivity contribution in [2.24, 2.45) is 5.92 Å². The minimum atomic E-state index is -0.00471. The molecule has 1 fully saturated rings. The van der Waals surface area contributed by atoms with Gasteiger partial charge in [0.15, 0.2) is 0 Å². The van der Waals surface area contributed by atoms with Crippen molar-refractivity contribution in [1.29, 1.82) is 0 Å². The Labute approximate surface area is 146 Å². The third-order valence-corrected chi connectivity index (χ3v) is 5.15. The Morgan fingerprint density at radius 1 is 1.25 bits per heavy atom. The molecule has 1 atom stereocenters. The largest absolute Gasteiger partial charge is 0.340 e. The summed E-state index contributed by atoms with van der Waals surface area (Å²) in [5.41, 5.74) is 2.38. The van der Waals surface area contributed by atoms with Crippen molar-refractivity contribution in [3.05, 3.63) is 58.3 Å². The van der Waals surface area contributed by atoms with Crippen molar-refractivity contribution in [3.63, 3.8) is 0 Å². The molecule has 1 aromatic heterocycles. The fourth-order valence-corrected chi connectivity index (χ4v) is 3.78. The number of carbonyl (C=O) groups excluding carboxylic acids is 2. The molecule has 2 aromatic rings. The second kappa shape index (κ2) is 7.62. The molecule has 0 aliphatic carbocycles. The predicted octanol–water partition coefficient (Wildman–Crippen LogP) is 2.80. The highest BCUT2D eigenvalue weighted by molar-refractivity contribution is 7.07. The second-order valence-electron chi connectivity index (χ2n) is 6.42. The maximum absolute atomic E-state index is 12.4. The zero-order chi connectivity index (χ0) is 16.9. The van der Waals surface area contributed by atoms with E-state index in [0.717, 1.165) is 12.0 Å². The van der Waals surface area contributed by atoms with Crippen LogP contribution in [0.15, 0.2) is 47.2 Å². The van der Waals surface area contributed by atoms with Gasteiger partial charge in [-0.15, -0.1) is 0 Å². The zero-order valence-electron chi connectivity index (χ0n) is 13.9. The smallest absolute Gasteiger partial charge is 0.242 e. The van der Waals surface area contributed by atoms with Gasteiger partial charge in [-0.1, -0.05) is 30.3 Å². The summed E-state index contributed by atoms with van der Waals surface area (Å²) >= 11 is 1.63. The first-order valence-corrected chi connectivity index (χ1v) is 9.13. The standard InChI is InChI=1S/C19H22N2O2S/c1-20(11-16-7-8-24-14-16)19(23)13-21-12-17(10-18(21)22)9-15-5-3-2-4-6-15/h2-8,14,17H,9-13H2,1H3/t17-/m0/s1. The highest BCUT2D eigenvalue weighted by Gasteiger charge is 2.31. The van der Waals surface area contributed by atoms with Gasteiger partial charge in [-0.05, 0) is 40.3 Å². The SMILES string of the molecule is CN(Cc1ccsc1)C(=O)CN1C[C@@H](Cc2ccccc2)CC1=O. The summed E-state index contributed by atoms with van der Waals surface area (Å²) in [6.45, 7) is 1.45. The Balaban J connectivity index is 1.51. The topological polar surface area (TPSA) is 40.6 Å². The molecule has 0 radical (unpaired) electrons. The molecule has 0 bridgehead atoms. The molecular weight excluding hydrogens is 320 g/mol. The van der Waals surface area contributed by atoms with Crippen LogP contribution in [0.4, 0.5) is 0 Å². The lowest BCUT2D eigenvalue weighted by atomic mass is 9.99. The van der Waals surface area contributed by atoms with Crippen LogP contribution in [0.3, 0.4) is 0 Å². The number of amides is 2. The van der Waals surface area contributed by atoms with E-state index < -0.39 is 0 Å². The molecule has 1 aliphatic heterocycles. The molecule has 1 aliphatic rings. The van der Waals surface area contributed by atoms with E-state index in [2.05, 4.69) is 12.1 Å². The Hall–Kier alpha value is -2.14. The van der Waals surface area contributed by atoms with Gasteiger partial charge in [0.2, 0.25) is 11.8 Å². The van der Waals surface area contributed by atoms with Crippen LogP contribution < -0.4 is 0 Å². The molecule has 4 nitrogen and oxygen atoms in total. The maximum atomic E-state index is 12.4. The molecular formula is C19H22N2O2S. The molecule has 0 N–H and O–H groups in total. The summed E-state index contributed by atoms with van der Waals surface area (Å²) in [6, 6.07) is 12.2. The average Bonchev–Trinajstić information content (AvgIpc) is 3.19. The minimum Gasteiger partial charge on any atom is -0.340 e. The number of carbonyl (C=O) groups is 2. The first-order chi connectivity index (χ1) is 11.6. The van der Waals surface area contributed by atoms with Gasteiger partial charge in [0.05, 0.1) is 6.54 Å². The molecule has 0 spiro atoms. The van der Waals surface area contributed by atoms with Gasteiger partial charge in [0, 0.05) is 26.6 Å². The summed E-state index contributed by atoms with van der Waals surface area (Å²) in [5.74, 6) is 0.387. The highest BCUT2D eigenvalue weighted by Crippen LogP contribution is 2.22. The molecule has 1 saturated heterocycles. The van der Waals surface area contributed by atoms with E-state index >= 15 is 0 Å². The third-order valence-electron chi connectivity index (χ3n) is 4.41. The highest BCUT2D eigenvalue weighted by atomic mass is 32.1. The Bertz CT molecular complexity index is 685. The number of benzene rings is 1. The Kier molecular flexibility index (Phi) is 5.30. The first kappa shape index (κ1) is 16.7. The van der Waals surface area contributed by atoms with E-state index in [9.17, 15) is 9.59 Å². The van der Waals surface area contributed by atoms with Gasteiger partial charge < -0.3 is 9.80 Å². The molecule has 0 saturated carbocycles. The lowest BCUT2D eigenvalue weighted by Gasteiger charge is -2.21. The fraction of sp³-hybridized carbons (Fsp3) is 0.368. The molecule has 2 amide bonds. The van der Waals surface area contributed by atoms with Gasteiger partial charge in [0.25, 0.3) is 0 Å². The maximum Gasteiger partial charge on any atom is 0.242 e.